The highest BCUT2D eigenvalue weighted by Crippen LogP contribution is 2.20. The smallest absolute Gasteiger partial charge is 0.320 e. The van der Waals surface area contributed by atoms with Crippen LogP contribution in [0.15, 0.2) is 38.3 Å². The Balaban J connectivity index is 2.30. The van der Waals surface area contributed by atoms with Crippen LogP contribution in [-0.4, -0.2) is 15.9 Å². The molecule has 1 aromatic heterocycles. The van der Waals surface area contributed by atoms with Gasteiger partial charge in [0.15, 0.2) is 0 Å². The molecule has 0 aliphatic rings. The number of aromatic nitrogens is 2. The first-order valence-electron chi connectivity index (χ1n) is 5.37. The van der Waals surface area contributed by atoms with Crippen molar-refractivity contribution in [2.75, 3.05) is 5.32 Å². The van der Waals surface area contributed by atoms with Crippen LogP contribution >= 0.6 is 15.9 Å². The summed E-state index contributed by atoms with van der Waals surface area (Å²) in [4.78, 5) is 38.4. The van der Waals surface area contributed by atoms with Crippen LogP contribution in [0, 0.1) is 6.92 Å². The Kier molecular flexibility index (Phi) is 3.66. The molecule has 0 atom stereocenters. The van der Waals surface area contributed by atoms with E-state index in [4.69, 9.17) is 0 Å². The van der Waals surface area contributed by atoms with Gasteiger partial charge in [-0.1, -0.05) is 15.9 Å². The molecule has 0 spiro atoms. The highest BCUT2D eigenvalue weighted by atomic mass is 79.9. The summed E-state index contributed by atoms with van der Waals surface area (Å²) in [6.45, 7) is 1.83. The second kappa shape index (κ2) is 5.23. The molecule has 0 saturated heterocycles. The zero-order valence-electron chi connectivity index (χ0n) is 9.91. The maximum absolute atomic E-state index is 11.9. The number of aromatic amines is 2. The molecule has 98 valence electrons. The number of hydrogen-bond acceptors (Lipinski definition) is 3. The first kappa shape index (κ1) is 13.3. The molecule has 0 bridgehead atoms. The van der Waals surface area contributed by atoms with E-state index in [1.54, 1.807) is 12.1 Å². The Labute approximate surface area is 116 Å². The van der Waals surface area contributed by atoms with Crippen LogP contribution in [0.4, 0.5) is 5.69 Å². The number of anilines is 1. The van der Waals surface area contributed by atoms with Crippen LogP contribution in [-0.2, 0) is 0 Å². The Morgan fingerprint density at radius 1 is 1.21 bits per heavy atom. The van der Waals surface area contributed by atoms with Crippen molar-refractivity contribution in [2.24, 2.45) is 0 Å². The van der Waals surface area contributed by atoms with E-state index in [0.717, 1.165) is 16.1 Å². The van der Waals surface area contributed by atoms with Crippen molar-refractivity contribution in [2.45, 2.75) is 6.92 Å². The zero-order chi connectivity index (χ0) is 14.0. The number of amides is 1. The summed E-state index contributed by atoms with van der Waals surface area (Å²) in [5, 5.41) is 2.63. The molecule has 0 fully saturated rings. The van der Waals surface area contributed by atoms with Gasteiger partial charge in [-0.25, -0.2) is 4.79 Å². The van der Waals surface area contributed by atoms with Crippen molar-refractivity contribution in [3.8, 4) is 0 Å². The highest BCUT2D eigenvalue weighted by molar-refractivity contribution is 9.10. The van der Waals surface area contributed by atoms with Gasteiger partial charge >= 0.3 is 5.69 Å². The molecule has 1 amide bonds. The van der Waals surface area contributed by atoms with Crippen molar-refractivity contribution in [3.63, 3.8) is 0 Å². The van der Waals surface area contributed by atoms with Crippen LogP contribution < -0.4 is 16.6 Å². The van der Waals surface area contributed by atoms with Gasteiger partial charge < -0.3 is 10.3 Å². The van der Waals surface area contributed by atoms with Crippen molar-refractivity contribution < 1.29 is 4.79 Å². The van der Waals surface area contributed by atoms with Crippen LogP contribution in [0.1, 0.15) is 16.1 Å². The lowest BCUT2D eigenvalue weighted by atomic mass is 10.2. The Bertz CT molecular complexity index is 720. The van der Waals surface area contributed by atoms with Gasteiger partial charge in [0.1, 0.15) is 5.69 Å². The maximum Gasteiger partial charge on any atom is 0.326 e. The summed E-state index contributed by atoms with van der Waals surface area (Å²) in [5.74, 6) is -0.548. The quantitative estimate of drug-likeness (QED) is 0.779. The van der Waals surface area contributed by atoms with Crippen LogP contribution in [0.25, 0.3) is 0 Å². The molecule has 0 aliphatic heterocycles. The van der Waals surface area contributed by atoms with E-state index in [0.29, 0.717) is 5.69 Å². The third-order valence-corrected chi connectivity index (χ3v) is 2.93. The van der Waals surface area contributed by atoms with E-state index in [9.17, 15) is 14.4 Å². The Hall–Kier alpha value is -2.15. The van der Waals surface area contributed by atoms with Crippen molar-refractivity contribution in [3.05, 3.63) is 60.8 Å². The van der Waals surface area contributed by atoms with Gasteiger partial charge in [0.25, 0.3) is 11.5 Å². The lowest BCUT2D eigenvalue weighted by molar-refractivity contribution is 0.102. The highest BCUT2D eigenvalue weighted by Gasteiger charge is 2.09. The Morgan fingerprint density at radius 2 is 1.95 bits per heavy atom. The Morgan fingerprint density at radius 3 is 2.58 bits per heavy atom. The molecule has 19 heavy (non-hydrogen) atoms. The molecule has 0 saturated carbocycles. The zero-order valence-corrected chi connectivity index (χ0v) is 11.5. The molecule has 1 heterocycles. The molecule has 6 nitrogen and oxygen atoms in total. The number of hydrogen-bond donors (Lipinski definition) is 3. The third kappa shape index (κ3) is 3.19. The number of H-pyrrole nitrogens is 2. The average Bonchev–Trinajstić information content (AvgIpc) is 2.31. The number of nitrogens with one attached hydrogen (secondary N) is 3. The summed E-state index contributed by atoms with van der Waals surface area (Å²) >= 11 is 3.32. The minimum Gasteiger partial charge on any atom is -0.320 e. The molecule has 1 aromatic carbocycles. The maximum atomic E-state index is 11.9. The van der Waals surface area contributed by atoms with E-state index in [1.165, 1.54) is 0 Å². The van der Waals surface area contributed by atoms with E-state index >= 15 is 0 Å². The fourth-order valence-corrected chi connectivity index (χ4v) is 2.02. The van der Waals surface area contributed by atoms with Gasteiger partial charge in [-0.15, -0.1) is 0 Å². The normalized spacial score (nSPS) is 10.2. The largest absolute Gasteiger partial charge is 0.326 e. The van der Waals surface area contributed by atoms with Gasteiger partial charge in [0, 0.05) is 16.2 Å². The summed E-state index contributed by atoms with van der Waals surface area (Å²) in [6, 6.07) is 6.38. The number of aryl methyl sites for hydroxylation is 1. The minimum atomic E-state index is -0.717. The second-order valence-electron chi connectivity index (χ2n) is 3.91. The van der Waals surface area contributed by atoms with Gasteiger partial charge in [-0.05, 0) is 30.7 Å². The van der Waals surface area contributed by atoms with E-state index in [1.807, 2.05) is 18.0 Å². The van der Waals surface area contributed by atoms with E-state index in [-0.39, 0.29) is 5.69 Å². The lowest BCUT2D eigenvalue weighted by Crippen LogP contribution is -2.27. The van der Waals surface area contributed by atoms with Crippen LogP contribution in [0.3, 0.4) is 0 Å². The predicted octanol–water partition coefficient (Wildman–Crippen LogP) is 1.39. The van der Waals surface area contributed by atoms with Gasteiger partial charge in [-0.2, -0.15) is 0 Å². The standard InChI is InChI=1S/C12H10BrN3O3/c1-6-4-7(13)2-3-8(6)14-11(18)9-5-10(17)16-12(19)15-9/h2-5H,1H3,(H,14,18)(H2,15,16,17,19). The number of rotatable bonds is 2. The molecular weight excluding hydrogens is 314 g/mol. The molecule has 3 N–H and O–H groups in total. The van der Waals surface area contributed by atoms with Crippen LogP contribution in [0.2, 0.25) is 0 Å². The van der Waals surface area contributed by atoms with Crippen molar-refractivity contribution in [1.29, 1.82) is 0 Å². The topological polar surface area (TPSA) is 94.8 Å². The molecule has 7 heteroatoms. The van der Waals surface area contributed by atoms with Crippen LogP contribution in [0.5, 0.6) is 0 Å². The predicted molar refractivity (Wildman–Crippen MR) is 74.5 cm³/mol. The van der Waals surface area contributed by atoms with Gasteiger partial charge in [-0.3, -0.25) is 14.6 Å². The molecule has 0 unspecified atom stereocenters. The fraction of sp³-hybridized carbons (Fsp3) is 0.0833. The molecule has 2 aromatic rings. The third-order valence-electron chi connectivity index (χ3n) is 2.44. The van der Waals surface area contributed by atoms with Crippen molar-refractivity contribution >= 4 is 27.5 Å². The fourth-order valence-electron chi connectivity index (χ4n) is 1.55. The molecule has 2 rings (SSSR count). The lowest BCUT2D eigenvalue weighted by Gasteiger charge is -2.08. The van der Waals surface area contributed by atoms with E-state index < -0.39 is 17.2 Å². The summed E-state index contributed by atoms with van der Waals surface area (Å²) in [7, 11) is 0. The summed E-state index contributed by atoms with van der Waals surface area (Å²) < 4.78 is 0.896. The van der Waals surface area contributed by atoms with E-state index in [2.05, 4.69) is 26.2 Å². The molecule has 0 aliphatic carbocycles. The minimum absolute atomic E-state index is 0.0870. The first-order valence-corrected chi connectivity index (χ1v) is 6.16. The summed E-state index contributed by atoms with van der Waals surface area (Å²) in [6.07, 6.45) is 0. The van der Waals surface area contributed by atoms with Gasteiger partial charge in [0.2, 0.25) is 0 Å². The number of benzene rings is 1. The number of halogens is 1. The van der Waals surface area contributed by atoms with Gasteiger partial charge in [0.05, 0.1) is 0 Å². The molecular formula is C12H10BrN3O3. The monoisotopic (exact) mass is 323 g/mol. The number of carbonyl (C=O) groups excluding carboxylic acids is 1. The summed E-state index contributed by atoms with van der Waals surface area (Å²) in [5.41, 5.74) is 0.0342. The second-order valence-corrected chi connectivity index (χ2v) is 4.83. The first-order chi connectivity index (χ1) is 8.95. The van der Waals surface area contributed by atoms with Crippen molar-refractivity contribution in [1.82, 2.24) is 9.97 Å². The average molecular weight is 324 g/mol. The molecule has 0 radical (unpaired) electrons. The SMILES string of the molecule is Cc1cc(Br)ccc1NC(=O)c1cc(=O)[nH]c(=O)[nH]1. The number of carbonyl (C=O) groups is 1.